The Hall–Kier alpha value is -4.55. The van der Waals surface area contributed by atoms with Crippen LogP contribution in [-0.2, 0) is 19.1 Å². The van der Waals surface area contributed by atoms with Crippen molar-refractivity contribution >= 4 is 41.3 Å². The number of para-hydroxylation sites is 2. The van der Waals surface area contributed by atoms with Gasteiger partial charge in [0.05, 0.1) is 17.4 Å². The molecule has 274 valence electrons. The van der Waals surface area contributed by atoms with Crippen LogP contribution in [0.25, 0.3) is 0 Å². The number of hydrogen-bond donors (Lipinski definition) is 4. The van der Waals surface area contributed by atoms with Crippen LogP contribution in [0.4, 0.5) is 21.0 Å². The Morgan fingerprint density at radius 3 is 2.28 bits per heavy atom. The molecule has 1 aromatic rings. The first-order valence-electron chi connectivity index (χ1n) is 17.4. The zero-order valence-electron chi connectivity index (χ0n) is 30.3. The minimum atomic E-state index is -1.53. The maximum Gasteiger partial charge on any atom is 0.408 e. The molecule has 5 atom stereocenters. The quantitative estimate of drug-likeness (QED) is 0.242. The third kappa shape index (κ3) is 8.78. The number of amides is 5. The van der Waals surface area contributed by atoms with Crippen molar-refractivity contribution in [3.8, 4) is 0 Å². The van der Waals surface area contributed by atoms with Gasteiger partial charge in [0.2, 0.25) is 11.8 Å². The molecule has 50 heavy (non-hydrogen) atoms. The average Bonchev–Trinajstić information content (AvgIpc) is 3.58. The summed E-state index contributed by atoms with van der Waals surface area (Å²) < 4.78 is 5.46. The van der Waals surface area contributed by atoms with E-state index in [2.05, 4.69) is 34.0 Å². The summed E-state index contributed by atoms with van der Waals surface area (Å²) in [7, 11) is 0. The molecule has 1 aliphatic carbocycles. The molecule has 4 N–H and O–H groups in total. The molecule has 0 radical (unpaired) electrons. The monoisotopic (exact) mass is 694 g/mol. The third-order valence-corrected chi connectivity index (χ3v) is 9.54. The van der Waals surface area contributed by atoms with Gasteiger partial charge in [-0.2, -0.15) is 0 Å². The Balaban J connectivity index is 1.65. The second-order valence-corrected chi connectivity index (χ2v) is 15.6. The minimum absolute atomic E-state index is 0.0321. The number of carboxylic acid groups (broad SMARTS) is 1. The van der Waals surface area contributed by atoms with E-state index < -0.39 is 70.5 Å². The zero-order valence-corrected chi connectivity index (χ0v) is 30.3. The molecule has 2 unspecified atom stereocenters. The molecule has 2 saturated heterocycles. The van der Waals surface area contributed by atoms with E-state index in [0.29, 0.717) is 5.69 Å². The molecule has 0 spiro atoms. The Labute approximate surface area is 295 Å². The lowest BCUT2D eigenvalue weighted by atomic mass is 9.85. The van der Waals surface area contributed by atoms with Gasteiger partial charge in [-0.1, -0.05) is 45.1 Å². The van der Waals surface area contributed by atoms with Gasteiger partial charge in [-0.3, -0.25) is 9.59 Å². The highest BCUT2D eigenvalue weighted by molar-refractivity contribution is 5.97. The second-order valence-electron chi connectivity index (χ2n) is 15.6. The van der Waals surface area contributed by atoms with E-state index in [0.717, 1.165) is 38.0 Å². The molecular weight excluding hydrogens is 640 g/mol. The van der Waals surface area contributed by atoms with Crippen LogP contribution < -0.4 is 20.9 Å². The van der Waals surface area contributed by atoms with E-state index in [1.165, 1.54) is 15.9 Å². The number of likely N-dealkylation sites (tertiary alicyclic amines) is 1. The summed E-state index contributed by atoms with van der Waals surface area (Å²) in [5.41, 5.74) is -1.59. The summed E-state index contributed by atoms with van der Waals surface area (Å²) in [5, 5.41) is 18.5. The van der Waals surface area contributed by atoms with Gasteiger partial charge in [0, 0.05) is 32.1 Å². The van der Waals surface area contributed by atoms with Crippen molar-refractivity contribution in [2.45, 2.75) is 103 Å². The third-order valence-electron chi connectivity index (χ3n) is 9.54. The molecule has 1 aromatic carbocycles. The van der Waals surface area contributed by atoms with E-state index in [4.69, 9.17) is 4.74 Å². The van der Waals surface area contributed by atoms with Crippen LogP contribution in [0.15, 0.2) is 49.6 Å². The van der Waals surface area contributed by atoms with Crippen molar-refractivity contribution in [1.29, 1.82) is 0 Å². The van der Waals surface area contributed by atoms with Crippen LogP contribution >= 0.6 is 0 Å². The number of carbonyl (C=O) groups excluding carboxylic acids is 4. The van der Waals surface area contributed by atoms with E-state index in [1.54, 1.807) is 47.6 Å². The highest BCUT2D eigenvalue weighted by Crippen LogP contribution is 2.45. The largest absolute Gasteiger partial charge is 0.479 e. The Kier molecular flexibility index (Phi) is 11.6. The van der Waals surface area contributed by atoms with Crippen LogP contribution in [0.2, 0.25) is 0 Å². The zero-order chi connectivity index (χ0) is 37.0. The van der Waals surface area contributed by atoms with Crippen LogP contribution in [-0.4, -0.2) is 100 Å². The van der Waals surface area contributed by atoms with Gasteiger partial charge in [0.25, 0.3) is 0 Å². The van der Waals surface area contributed by atoms with Crippen LogP contribution in [0.3, 0.4) is 0 Å². The predicted octanol–water partition coefficient (Wildman–Crippen LogP) is 4.75. The molecule has 3 fully saturated rings. The fourth-order valence-electron chi connectivity index (χ4n) is 6.80. The highest BCUT2D eigenvalue weighted by atomic mass is 16.6. The van der Waals surface area contributed by atoms with Crippen LogP contribution in [0, 0.1) is 11.3 Å². The predicted molar refractivity (Wildman–Crippen MR) is 192 cm³/mol. The Morgan fingerprint density at radius 2 is 1.72 bits per heavy atom. The molecule has 4 rings (SSSR count). The average molecular weight is 695 g/mol. The number of piperidine rings is 1. The summed E-state index contributed by atoms with van der Waals surface area (Å²) in [6.07, 6.45) is 5.78. The Morgan fingerprint density at radius 1 is 1.06 bits per heavy atom. The number of urea groups is 1. The van der Waals surface area contributed by atoms with Crippen molar-refractivity contribution in [2.24, 2.45) is 11.3 Å². The fraction of sp³-hybridized carbons (Fsp3) is 0.595. The number of hydrogen-bond acceptors (Lipinski definition) is 7. The van der Waals surface area contributed by atoms with Gasteiger partial charge in [-0.15, -0.1) is 13.2 Å². The summed E-state index contributed by atoms with van der Waals surface area (Å²) in [6.45, 7) is 19.9. The van der Waals surface area contributed by atoms with Crippen molar-refractivity contribution in [3.63, 3.8) is 0 Å². The minimum Gasteiger partial charge on any atom is -0.479 e. The molecule has 0 aromatic heterocycles. The van der Waals surface area contributed by atoms with Gasteiger partial charge in [-0.05, 0) is 70.4 Å². The lowest BCUT2D eigenvalue weighted by molar-refractivity contribution is -0.146. The van der Waals surface area contributed by atoms with E-state index in [9.17, 15) is 29.1 Å². The van der Waals surface area contributed by atoms with Gasteiger partial charge in [0.15, 0.2) is 0 Å². The SMILES string of the molecule is C=CCN(C(=O)Nc1ccccc1N1CCCCC1)[C@@H]1C[C@@H](C(=O)NC2(C(=O)O)CC2C=C)N(C(=O)[C@@H](NC(=O)OC(C)(C)C)C(C)(C)C)C1. The lowest BCUT2D eigenvalue weighted by Gasteiger charge is -2.36. The van der Waals surface area contributed by atoms with Crippen molar-refractivity contribution < 1.29 is 33.8 Å². The number of anilines is 2. The maximum atomic E-state index is 14.4. The number of nitrogens with one attached hydrogen (secondary N) is 3. The number of ether oxygens (including phenoxy) is 1. The normalized spacial score (nSPS) is 24.0. The summed E-state index contributed by atoms with van der Waals surface area (Å²) in [6, 6.07) is 4.29. The molecular formula is C37H54N6O7. The number of aliphatic carboxylic acids is 1. The molecule has 0 bridgehead atoms. The van der Waals surface area contributed by atoms with Gasteiger partial charge < -0.3 is 40.5 Å². The maximum absolute atomic E-state index is 14.4. The van der Waals surface area contributed by atoms with Crippen molar-refractivity contribution in [3.05, 3.63) is 49.6 Å². The van der Waals surface area contributed by atoms with E-state index >= 15 is 0 Å². The highest BCUT2D eigenvalue weighted by Gasteiger charge is 2.61. The number of rotatable bonds is 11. The van der Waals surface area contributed by atoms with E-state index in [1.807, 2.05) is 24.3 Å². The molecule has 2 heterocycles. The first kappa shape index (κ1) is 38.3. The number of carboxylic acids is 1. The number of benzene rings is 1. The molecule has 2 aliphatic heterocycles. The van der Waals surface area contributed by atoms with Crippen LogP contribution in [0.5, 0.6) is 0 Å². The molecule has 13 nitrogen and oxygen atoms in total. The summed E-state index contributed by atoms with van der Waals surface area (Å²) in [5.74, 6) is -2.88. The first-order valence-corrected chi connectivity index (χ1v) is 17.4. The second kappa shape index (κ2) is 15.1. The van der Waals surface area contributed by atoms with Gasteiger partial charge in [-0.25, -0.2) is 14.4 Å². The van der Waals surface area contributed by atoms with E-state index in [-0.39, 0.29) is 25.9 Å². The standard InChI is InChI=1S/C37H54N6O7/c1-9-18-42(33(48)38-26-16-12-13-17-27(26)41-19-14-11-15-20-41)25-21-28(30(44)40-37(32(46)47)22-24(37)10-2)43(23-25)31(45)29(35(3,4)5)39-34(49)50-36(6,7)8/h9-10,12-13,16-17,24-25,28-29H,1-2,11,14-15,18-23H2,3-8H3,(H,38,48)(H,39,49)(H,40,44)(H,46,47)/t24?,25-,28+,29-,37?/m1/s1. The number of alkyl carbamates (subject to hydrolysis) is 1. The molecule has 3 aliphatic rings. The topological polar surface area (TPSA) is 161 Å². The molecule has 1 saturated carbocycles. The van der Waals surface area contributed by atoms with Crippen molar-refractivity contribution in [2.75, 3.05) is 36.4 Å². The number of carbonyl (C=O) groups is 5. The van der Waals surface area contributed by atoms with Gasteiger partial charge in [0.1, 0.15) is 23.2 Å². The first-order chi connectivity index (χ1) is 23.4. The van der Waals surface area contributed by atoms with Crippen molar-refractivity contribution in [1.82, 2.24) is 20.4 Å². The van der Waals surface area contributed by atoms with Crippen LogP contribution in [0.1, 0.15) is 73.6 Å². The number of nitrogens with zero attached hydrogens (tertiary/aromatic N) is 3. The smallest absolute Gasteiger partial charge is 0.408 e. The van der Waals surface area contributed by atoms with Gasteiger partial charge >= 0.3 is 18.1 Å². The fourth-order valence-corrected chi connectivity index (χ4v) is 6.80. The summed E-state index contributed by atoms with van der Waals surface area (Å²) >= 11 is 0. The molecule has 5 amide bonds. The Bertz CT molecular complexity index is 1480. The molecule has 13 heteroatoms. The summed E-state index contributed by atoms with van der Waals surface area (Å²) in [4.78, 5) is 72.8. The lowest BCUT2D eigenvalue weighted by Crippen LogP contribution is -2.59.